The summed E-state index contributed by atoms with van der Waals surface area (Å²) in [6.07, 6.45) is 0. The molecule has 0 aliphatic carbocycles. The number of hydrogen-bond donors (Lipinski definition) is 2. The summed E-state index contributed by atoms with van der Waals surface area (Å²) in [5.74, 6) is -0.0417. The lowest BCUT2D eigenvalue weighted by atomic mass is 10.1. The minimum Gasteiger partial charge on any atom is -0.376 e. The van der Waals surface area contributed by atoms with Gasteiger partial charge in [-0.2, -0.15) is 0 Å². The van der Waals surface area contributed by atoms with Crippen LogP contribution >= 0.6 is 0 Å². The molecule has 1 amide bonds. The van der Waals surface area contributed by atoms with Gasteiger partial charge in [0.2, 0.25) is 5.91 Å². The Kier molecular flexibility index (Phi) is 5.78. The topological polar surface area (TPSA) is 47.6 Å². The molecule has 1 aliphatic heterocycles. The largest absolute Gasteiger partial charge is 0.376 e. The van der Waals surface area contributed by atoms with Crippen molar-refractivity contribution in [1.82, 2.24) is 4.90 Å². The van der Waals surface area contributed by atoms with Crippen molar-refractivity contribution in [3.8, 4) is 0 Å². The number of nitrogens with one attached hydrogen (secondary N) is 2. The number of nitrogens with zero attached hydrogens (tertiary/aromatic N) is 2. The fourth-order valence-electron chi connectivity index (χ4n) is 3.29. The molecule has 0 saturated carbocycles. The molecular weight excluding hydrogens is 324 g/mol. The lowest BCUT2D eigenvalue weighted by Gasteiger charge is -2.34. The molecule has 138 valence electrons. The zero-order valence-electron chi connectivity index (χ0n) is 15.9. The van der Waals surface area contributed by atoms with Gasteiger partial charge >= 0.3 is 0 Å². The van der Waals surface area contributed by atoms with Crippen LogP contribution in [0.5, 0.6) is 0 Å². The Balaban J connectivity index is 1.53. The van der Waals surface area contributed by atoms with E-state index in [4.69, 9.17) is 0 Å². The van der Waals surface area contributed by atoms with E-state index < -0.39 is 0 Å². The molecule has 3 rings (SSSR count). The maximum atomic E-state index is 12.2. The number of amides is 1. The smallest absolute Gasteiger partial charge is 0.243 e. The van der Waals surface area contributed by atoms with Crippen LogP contribution in [0.4, 0.5) is 17.1 Å². The molecule has 2 aromatic carbocycles. The van der Waals surface area contributed by atoms with Gasteiger partial charge in [0.25, 0.3) is 0 Å². The van der Waals surface area contributed by atoms with Gasteiger partial charge < -0.3 is 20.4 Å². The van der Waals surface area contributed by atoms with Crippen molar-refractivity contribution in [2.45, 2.75) is 13.8 Å². The van der Waals surface area contributed by atoms with E-state index in [0.29, 0.717) is 0 Å². The maximum absolute atomic E-state index is 12.2. The summed E-state index contributed by atoms with van der Waals surface area (Å²) >= 11 is 0. The van der Waals surface area contributed by atoms with Gasteiger partial charge in [0.15, 0.2) is 0 Å². The third-order valence-corrected chi connectivity index (χ3v) is 4.93. The van der Waals surface area contributed by atoms with Crippen LogP contribution < -0.4 is 15.5 Å². The molecule has 2 aromatic rings. The molecule has 1 heterocycles. The first-order chi connectivity index (χ1) is 12.5. The predicted molar refractivity (Wildman–Crippen MR) is 109 cm³/mol. The van der Waals surface area contributed by atoms with E-state index in [2.05, 4.69) is 39.6 Å². The SMILES string of the molecule is Cc1cccc(C)c1NCC(=O)Nc1ccc(N2CCN(C)CC2)cc1. The van der Waals surface area contributed by atoms with Gasteiger partial charge in [0.05, 0.1) is 6.54 Å². The molecule has 0 atom stereocenters. The minimum atomic E-state index is -0.0417. The second kappa shape index (κ2) is 8.23. The van der Waals surface area contributed by atoms with Crippen LogP contribution in [0.25, 0.3) is 0 Å². The van der Waals surface area contributed by atoms with Gasteiger partial charge in [-0.1, -0.05) is 18.2 Å². The predicted octanol–water partition coefficient (Wildman–Crippen LogP) is 3.11. The van der Waals surface area contributed by atoms with Crippen LogP contribution in [-0.2, 0) is 4.79 Å². The molecule has 0 unspecified atom stereocenters. The Bertz CT molecular complexity index is 729. The first-order valence-corrected chi connectivity index (χ1v) is 9.16. The minimum absolute atomic E-state index is 0.0417. The molecule has 0 spiro atoms. The molecule has 0 aromatic heterocycles. The van der Waals surface area contributed by atoms with Crippen LogP contribution in [0.1, 0.15) is 11.1 Å². The van der Waals surface area contributed by atoms with Crippen molar-refractivity contribution in [3.63, 3.8) is 0 Å². The Hall–Kier alpha value is -2.53. The van der Waals surface area contributed by atoms with Crippen molar-refractivity contribution in [2.75, 3.05) is 55.3 Å². The molecule has 2 N–H and O–H groups in total. The quantitative estimate of drug-likeness (QED) is 0.868. The number of likely N-dealkylation sites (N-methyl/N-ethyl adjacent to an activating group) is 1. The van der Waals surface area contributed by atoms with Crippen LogP contribution in [-0.4, -0.2) is 50.6 Å². The van der Waals surface area contributed by atoms with Gasteiger partial charge in [0, 0.05) is 43.2 Å². The summed E-state index contributed by atoms with van der Waals surface area (Å²) in [4.78, 5) is 17.0. The number of anilines is 3. The van der Waals surface area contributed by atoms with E-state index >= 15 is 0 Å². The summed E-state index contributed by atoms with van der Waals surface area (Å²) in [5, 5.41) is 6.20. The molecule has 1 saturated heterocycles. The van der Waals surface area contributed by atoms with E-state index in [9.17, 15) is 4.79 Å². The molecule has 0 radical (unpaired) electrons. The van der Waals surface area contributed by atoms with E-state index in [1.807, 2.05) is 44.2 Å². The lowest BCUT2D eigenvalue weighted by Crippen LogP contribution is -2.44. The molecule has 5 heteroatoms. The zero-order valence-corrected chi connectivity index (χ0v) is 15.9. The monoisotopic (exact) mass is 352 g/mol. The second-order valence-corrected chi connectivity index (χ2v) is 7.01. The van der Waals surface area contributed by atoms with E-state index in [1.54, 1.807) is 0 Å². The molecule has 5 nitrogen and oxygen atoms in total. The van der Waals surface area contributed by atoms with Gasteiger partial charge in [0.1, 0.15) is 0 Å². The summed E-state index contributed by atoms with van der Waals surface area (Å²) < 4.78 is 0. The summed E-state index contributed by atoms with van der Waals surface area (Å²) in [6, 6.07) is 14.2. The fraction of sp³-hybridized carbons (Fsp3) is 0.381. The number of carbonyl (C=O) groups is 1. The number of piperazine rings is 1. The van der Waals surface area contributed by atoms with Gasteiger partial charge in [-0.05, 0) is 56.3 Å². The molecule has 0 bridgehead atoms. The van der Waals surface area contributed by atoms with Gasteiger partial charge in [-0.15, -0.1) is 0 Å². The van der Waals surface area contributed by atoms with Crippen molar-refractivity contribution >= 4 is 23.0 Å². The molecule has 26 heavy (non-hydrogen) atoms. The van der Waals surface area contributed by atoms with Crippen molar-refractivity contribution in [1.29, 1.82) is 0 Å². The molecular formula is C21H28N4O. The normalized spacial score (nSPS) is 15.0. The highest BCUT2D eigenvalue weighted by atomic mass is 16.1. The third kappa shape index (κ3) is 4.55. The highest BCUT2D eigenvalue weighted by Crippen LogP contribution is 2.20. The number of aryl methyl sites for hydroxylation is 2. The number of benzene rings is 2. The van der Waals surface area contributed by atoms with Gasteiger partial charge in [-0.25, -0.2) is 0 Å². The first kappa shape index (κ1) is 18.3. The highest BCUT2D eigenvalue weighted by Gasteiger charge is 2.14. The van der Waals surface area contributed by atoms with Crippen molar-refractivity contribution in [2.24, 2.45) is 0 Å². The Labute approximate surface area is 156 Å². The van der Waals surface area contributed by atoms with Crippen LogP contribution in [0, 0.1) is 13.8 Å². The summed E-state index contributed by atoms with van der Waals surface area (Å²) in [7, 11) is 2.16. The number of rotatable bonds is 5. The standard InChI is InChI=1S/C21H28N4O/c1-16-5-4-6-17(2)21(16)22-15-20(26)23-18-7-9-19(10-8-18)25-13-11-24(3)12-14-25/h4-10,22H,11-15H2,1-3H3,(H,23,26). The summed E-state index contributed by atoms with van der Waals surface area (Å²) in [5.41, 5.74) is 5.37. The Morgan fingerprint density at radius 3 is 2.19 bits per heavy atom. The highest BCUT2D eigenvalue weighted by molar-refractivity contribution is 5.94. The Morgan fingerprint density at radius 2 is 1.58 bits per heavy atom. The van der Waals surface area contributed by atoms with Gasteiger partial charge in [-0.3, -0.25) is 4.79 Å². The van der Waals surface area contributed by atoms with E-state index in [0.717, 1.165) is 48.7 Å². The fourth-order valence-corrected chi connectivity index (χ4v) is 3.29. The maximum Gasteiger partial charge on any atom is 0.243 e. The van der Waals surface area contributed by atoms with E-state index in [1.165, 1.54) is 5.69 Å². The second-order valence-electron chi connectivity index (χ2n) is 7.01. The number of para-hydroxylation sites is 1. The van der Waals surface area contributed by atoms with Crippen molar-refractivity contribution < 1.29 is 4.79 Å². The molecule has 1 fully saturated rings. The van der Waals surface area contributed by atoms with Crippen molar-refractivity contribution in [3.05, 3.63) is 53.6 Å². The number of hydrogen-bond acceptors (Lipinski definition) is 4. The average molecular weight is 352 g/mol. The van der Waals surface area contributed by atoms with Crippen LogP contribution in [0.3, 0.4) is 0 Å². The average Bonchev–Trinajstić information content (AvgIpc) is 2.63. The molecule has 1 aliphatic rings. The number of carbonyl (C=O) groups excluding carboxylic acids is 1. The van der Waals surface area contributed by atoms with Crippen LogP contribution in [0.15, 0.2) is 42.5 Å². The first-order valence-electron chi connectivity index (χ1n) is 9.16. The lowest BCUT2D eigenvalue weighted by molar-refractivity contribution is -0.114. The Morgan fingerprint density at radius 1 is 0.962 bits per heavy atom. The third-order valence-electron chi connectivity index (χ3n) is 4.93. The zero-order chi connectivity index (χ0) is 18.5. The summed E-state index contributed by atoms with van der Waals surface area (Å²) in [6.45, 7) is 8.61. The van der Waals surface area contributed by atoms with Crippen LogP contribution in [0.2, 0.25) is 0 Å². The van der Waals surface area contributed by atoms with E-state index in [-0.39, 0.29) is 12.5 Å².